The quantitative estimate of drug-likeness (QED) is 0.270. The van der Waals surface area contributed by atoms with Gasteiger partial charge in [-0.3, -0.25) is 0 Å². The second-order valence-corrected chi connectivity index (χ2v) is 9.49. The lowest BCUT2D eigenvalue weighted by Gasteiger charge is -2.11. The molecule has 33 heavy (non-hydrogen) atoms. The number of methoxy groups -OCH3 is 2. The highest BCUT2D eigenvalue weighted by molar-refractivity contribution is 8.00. The van der Waals surface area contributed by atoms with E-state index in [-0.39, 0.29) is 0 Å². The van der Waals surface area contributed by atoms with Crippen molar-refractivity contribution in [1.82, 2.24) is 9.97 Å². The third kappa shape index (κ3) is 4.47. The Bertz CT molecular complexity index is 1340. The van der Waals surface area contributed by atoms with Gasteiger partial charge in [-0.1, -0.05) is 53.4 Å². The number of aromatic nitrogens is 2. The molecule has 2 heterocycles. The molecule has 0 saturated carbocycles. The highest BCUT2D eigenvalue weighted by Gasteiger charge is 2.23. The molecule has 164 valence electrons. The molecule has 0 radical (unpaired) electrons. The number of ether oxygens (including phenoxy) is 2. The van der Waals surface area contributed by atoms with Crippen molar-refractivity contribution in [3.63, 3.8) is 0 Å². The molecule has 0 aliphatic carbocycles. The molecule has 4 aromatic rings. The SMILES string of the molecule is COc1ccc(Sc2ncnc3c2N=C(c2ccc(C)cc2)c2cc(OC)ccc2S3)cc1. The fraction of sp³-hybridized carbons (Fsp3) is 0.115. The Hall–Kier alpha value is -3.29. The van der Waals surface area contributed by atoms with Gasteiger partial charge in [0.05, 0.1) is 19.9 Å². The summed E-state index contributed by atoms with van der Waals surface area (Å²) in [5, 5.41) is 1.64. The first-order valence-electron chi connectivity index (χ1n) is 10.3. The van der Waals surface area contributed by atoms with Gasteiger partial charge in [0.25, 0.3) is 0 Å². The molecule has 0 N–H and O–H groups in total. The first-order chi connectivity index (χ1) is 16.1. The number of aryl methyl sites for hydroxylation is 1. The second-order valence-electron chi connectivity index (χ2n) is 7.40. The molecule has 0 saturated heterocycles. The predicted molar refractivity (Wildman–Crippen MR) is 133 cm³/mol. The van der Waals surface area contributed by atoms with Gasteiger partial charge in [0, 0.05) is 20.9 Å². The number of hydrogen-bond acceptors (Lipinski definition) is 7. The monoisotopic (exact) mass is 471 g/mol. The van der Waals surface area contributed by atoms with Crippen LogP contribution in [0, 0.1) is 6.92 Å². The van der Waals surface area contributed by atoms with Crippen molar-refractivity contribution in [1.29, 1.82) is 0 Å². The maximum absolute atomic E-state index is 5.52. The number of fused-ring (bicyclic) bond motifs is 2. The van der Waals surface area contributed by atoms with Crippen LogP contribution in [0.2, 0.25) is 0 Å². The van der Waals surface area contributed by atoms with Gasteiger partial charge in [-0.05, 0) is 49.4 Å². The molecule has 0 unspecified atom stereocenters. The van der Waals surface area contributed by atoms with E-state index in [1.807, 2.05) is 36.4 Å². The van der Waals surface area contributed by atoms with E-state index in [1.54, 1.807) is 44.1 Å². The van der Waals surface area contributed by atoms with Crippen molar-refractivity contribution in [2.24, 2.45) is 4.99 Å². The topological polar surface area (TPSA) is 56.6 Å². The Morgan fingerprint density at radius 3 is 2.27 bits per heavy atom. The molecule has 7 heteroatoms. The molecule has 0 amide bonds. The Kier molecular flexibility index (Phi) is 6.07. The minimum atomic E-state index is 0.772. The fourth-order valence-electron chi connectivity index (χ4n) is 3.47. The predicted octanol–water partition coefficient (Wildman–Crippen LogP) is 6.59. The van der Waals surface area contributed by atoms with Crippen LogP contribution >= 0.6 is 23.5 Å². The standard InChI is InChI=1S/C26H21N3O2S2/c1-16-4-6-17(7-5-16)23-21-14-19(31-3)10-13-22(21)33-26-24(29-23)25(27-15-28-26)32-20-11-8-18(30-2)9-12-20/h4-15H,1-3H3. The molecule has 1 aliphatic heterocycles. The highest BCUT2D eigenvalue weighted by atomic mass is 32.2. The number of aliphatic imine (C=N–C) groups is 1. The zero-order chi connectivity index (χ0) is 22.8. The Morgan fingerprint density at radius 2 is 1.55 bits per heavy atom. The molecular weight excluding hydrogens is 450 g/mol. The van der Waals surface area contributed by atoms with Crippen LogP contribution < -0.4 is 9.47 Å². The first-order valence-corrected chi connectivity index (χ1v) is 12.0. The molecule has 0 spiro atoms. The average Bonchev–Trinajstić information content (AvgIpc) is 3.02. The van der Waals surface area contributed by atoms with Gasteiger partial charge >= 0.3 is 0 Å². The molecule has 1 aromatic heterocycles. The van der Waals surface area contributed by atoms with Crippen LogP contribution in [0.15, 0.2) is 97.9 Å². The van der Waals surface area contributed by atoms with E-state index >= 15 is 0 Å². The van der Waals surface area contributed by atoms with Crippen molar-refractivity contribution in [2.45, 2.75) is 26.8 Å². The summed E-state index contributed by atoms with van der Waals surface area (Å²) >= 11 is 3.17. The fourth-order valence-corrected chi connectivity index (χ4v) is 5.31. The normalized spacial score (nSPS) is 12.3. The molecule has 0 bridgehead atoms. The third-order valence-electron chi connectivity index (χ3n) is 5.23. The zero-order valence-corrected chi connectivity index (χ0v) is 20.0. The van der Waals surface area contributed by atoms with Gasteiger partial charge in [0.1, 0.15) is 33.6 Å². The minimum absolute atomic E-state index is 0.772. The maximum atomic E-state index is 5.52. The number of nitrogens with zero attached hydrogens (tertiary/aromatic N) is 3. The zero-order valence-electron chi connectivity index (χ0n) is 18.4. The summed E-state index contributed by atoms with van der Waals surface area (Å²) in [5.74, 6) is 1.61. The van der Waals surface area contributed by atoms with Crippen LogP contribution in [0.5, 0.6) is 11.5 Å². The minimum Gasteiger partial charge on any atom is -0.497 e. The van der Waals surface area contributed by atoms with Gasteiger partial charge in [-0.15, -0.1) is 0 Å². The van der Waals surface area contributed by atoms with Crippen molar-refractivity contribution in [3.05, 3.63) is 89.7 Å². The van der Waals surface area contributed by atoms with E-state index in [0.29, 0.717) is 0 Å². The first kappa shape index (κ1) is 21.6. The lowest BCUT2D eigenvalue weighted by atomic mass is 10.0. The number of benzene rings is 3. The third-order valence-corrected chi connectivity index (χ3v) is 7.29. The molecular formula is C26H21N3O2S2. The van der Waals surface area contributed by atoms with Crippen LogP contribution in [0.4, 0.5) is 5.69 Å². The van der Waals surface area contributed by atoms with Gasteiger partial charge in [0.2, 0.25) is 0 Å². The van der Waals surface area contributed by atoms with Gasteiger partial charge in [-0.25, -0.2) is 15.0 Å². The van der Waals surface area contributed by atoms with E-state index in [0.717, 1.165) is 53.9 Å². The van der Waals surface area contributed by atoms with Gasteiger partial charge < -0.3 is 9.47 Å². The lowest BCUT2D eigenvalue weighted by Crippen LogP contribution is -2.04. The number of rotatable bonds is 5. The van der Waals surface area contributed by atoms with Crippen molar-refractivity contribution in [2.75, 3.05) is 14.2 Å². The van der Waals surface area contributed by atoms with Crippen molar-refractivity contribution in [3.8, 4) is 11.5 Å². The summed E-state index contributed by atoms with van der Waals surface area (Å²) < 4.78 is 10.8. The largest absolute Gasteiger partial charge is 0.497 e. The molecule has 0 fully saturated rings. The summed E-state index contributed by atoms with van der Waals surface area (Å²) in [6.07, 6.45) is 1.60. The summed E-state index contributed by atoms with van der Waals surface area (Å²) in [5.41, 5.74) is 4.90. The smallest absolute Gasteiger partial charge is 0.131 e. The Labute approximate surface area is 201 Å². The summed E-state index contributed by atoms with van der Waals surface area (Å²) in [4.78, 5) is 16.4. The molecule has 0 atom stereocenters. The van der Waals surface area contributed by atoms with Crippen molar-refractivity contribution < 1.29 is 9.47 Å². The van der Waals surface area contributed by atoms with E-state index in [9.17, 15) is 0 Å². The Balaban J connectivity index is 1.66. The highest BCUT2D eigenvalue weighted by Crippen LogP contribution is 2.45. The van der Waals surface area contributed by atoms with E-state index < -0.39 is 0 Å². The maximum Gasteiger partial charge on any atom is 0.131 e. The van der Waals surface area contributed by atoms with E-state index in [1.165, 1.54) is 5.56 Å². The second kappa shape index (κ2) is 9.29. The summed E-state index contributed by atoms with van der Waals surface area (Å²) in [7, 11) is 3.34. The Morgan fingerprint density at radius 1 is 0.818 bits per heavy atom. The molecule has 5 rings (SSSR count). The number of hydrogen-bond donors (Lipinski definition) is 0. The van der Waals surface area contributed by atoms with Crippen molar-refractivity contribution >= 4 is 34.9 Å². The lowest BCUT2D eigenvalue weighted by molar-refractivity contribution is 0.414. The van der Waals surface area contributed by atoms with Crippen LogP contribution in [0.3, 0.4) is 0 Å². The molecule has 5 nitrogen and oxygen atoms in total. The van der Waals surface area contributed by atoms with Crippen LogP contribution in [-0.2, 0) is 0 Å². The summed E-state index contributed by atoms with van der Waals surface area (Å²) in [6.45, 7) is 2.08. The van der Waals surface area contributed by atoms with Gasteiger partial charge in [0.15, 0.2) is 0 Å². The van der Waals surface area contributed by atoms with E-state index in [2.05, 4.69) is 47.2 Å². The van der Waals surface area contributed by atoms with Crippen LogP contribution in [-0.4, -0.2) is 29.9 Å². The summed E-state index contributed by atoms with van der Waals surface area (Å²) in [6, 6.07) is 22.4. The average molecular weight is 472 g/mol. The van der Waals surface area contributed by atoms with E-state index in [4.69, 9.17) is 14.5 Å². The molecule has 1 aliphatic rings. The van der Waals surface area contributed by atoms with Crippen LogP contribution in [0.25, 0.3) is 0 Å². The van der Waals surface area contributed by atoms with Gasteiger partial charge in [-0.2, -0.15) is 0 Å². The van der Waals surface area contributed by atoms with Crippen LogP contribution in [0.1, 0.15) is 16.7 Å². The molecule has 3 aromatic carbocycles.